The molecule has 1 heterocycles. The van der Waals surface area contributed by atoms with E-state index in [1.54, 1.807) is 17.0 Å². The smallest absolute Gasteiger partial charge is 0.331 e. The summed E-state index contributed by atoms with van der Waals surface area (Å²) in [5, 5.41) is 11.0. The summed E-state index contributed by atoms with van der Waals surface area (Å²) in [5.74, 6) is -1.03. The summed E-state index contributed by atoms with van der Waals surface area (Å²) in [6.45, 7) is 2.06. The molecule has 7 nitrogen and oxygen atoms in total. The number of benzene rings is 2. The molecule has 1 amide bonds. The molecule has 0 radical (unpaired) electrons. The number of amides is 1. The highest BCUT2D eigenvalue weighted by atomic mass is 16.6. The lowest BCUT2D eigenvalue weighted by molar-refractivity contribution is -0.385. The van der Waals surface area contributed by atoms with Crippen LogP contribution < -0.4 is 4.90 Å². The highest BCUT2D eigenvalue weighted by Crippen LogP contribution is 2.28. The van der Waals surface area contributed by atoms with Crippen molar-refractivity contribution in [3.8, 4) is 0 Å². The van der Waals surface area contributed by atoms with E-state index in [1.165, 1.54) is 25.1 Å². The molecule has 0 unspecified atom stereocenters. The lowest BCUT2D eigenvalue weighted by Gasteiger charge is -2.21. The van der Waals surface area contributed by atoms with E-state index in [0.29, 0.717) is 6.54 Å². The molecule has 2 aromatic carbocycles. The van der Waals surface area contributed by atoms with Crippen molar-refractivity contribution in [2.75, 3.05) is 11.4 Å². The Labute approximate surface area is 156 Å². The van der Waals surface area contributed by atoms with Crippen LogP contribution in [0.25, 0.3) is 6.08 Å². The van der Waals surface area contributed by atoms with Crippen LogP contribution in [0.1, 0.15) is 18.1 Å². The number of nitro groups is 1. The van der Waals surface area contributed by atoms with Crippen molar-refractivity contribution in [1.29, 1.82) is 0 Å². The van der Waals surface area contributed by atoms with Gasteiger partial charge in [-0.15, -0.1) is 0 Å². The average molecular weight is 366 g/mol. The van der Waals surface area contributed by atoms with Gasteiger partial charge in [0, 0.05) is 24.4 Å². The van der Waals surface area contributed by atoms with E-state index in [0.717, 1.165) is 23.7 Å². The fourth-order valence-electron chi connectivity index (χ4n) is 3.00. The predicted octanol–water partition coefficient (Wildman–Crippen LogP) is 3.13. The van der Waals surface area contributed by atoms with Crippen LogP contribution in [0.3, 0.4) is 0 Å². The maximum absolute atomic E-state index is 12.6. The maximum Gasteiger partial charge on any atom is 0.331 e. The molecule has 0 bridgehead atoms. The highest BCUT2D eigenvalue weighted by Gasteiger charge is 2.29. The highest BCUT2D eigenvalue weighted by molar-refractivity contribution is 6.00. The number of carbonyl (C=O) groups is 2. The molecular formula is C20H18N2O5. The van der Waals surface area contributed by atoms with Crippen molar-refractivity contribution in [2.24, 2.45) is 0 Å². The molecule has 0 aliphatic carbocycles. The number of carbonyl (C=O) groups excluding carboxylic acids is 2. The Morgan fingerprint density at radius 1 is 1.19 bits per heavy atom. The number of hydrogen-bond donors (Lipinski definition) is 0. The molecule has 1 atom stereocenters. The third kappa shape index (κ3) is 4.03. The minimum Gasteiger partial charge on any atom is -0.449 e. The third-order valence-corrected chi connectivity index (χ3v) is 4.33. The van der Waals surface area contributed by atoms with E-state index >= 15 is 0 Å². The van der Waals surface area contributed by atoms with Gasteiger partial charge in [-0.2, -0.15) is 0 Å². The van der Waals surface area contributed by atoms with E-state index in [2.05, 4.69) is 0 Å². The van der Waals surface area contributed by atoms with Crippen molar-refractivity contribution in [2.45, 2.75) is 19.4 Å². The zero-order valence-electron chi connectivity index (χ0n) is 14.7. The van der Waals surface area contributed by atoms with Gasteiger partial charge in [0.05, 0.1) is 10.5 Å². The summed E-state index contributed by atoms with van der Waals surface area (Å²) in [7, 11) is 0. The van der Waals surface area contributed by atoms with Gasteiger partial charge in [0.15, 0.2) is 6.10 Å². The van der Waals surface area contributed by atoms with Crippen LogP contribution in [-0.2, 0) is 20.7 Å². The van der Waals surface area contributed by atoms with Crippen LogP contribution in [0.15, 0.2) is 54.6 Å². The Hall–Kier alpha value is -3.48. The molecule has 138 valence electrons. The first-order chi connectivity index (χ1) is 13.0. The quantitative estimate of drug-likeness (QED) is 0.351. The van der Waals surface area contributed by atoms with Crippen molar-refractivity contribution in [1.82, 2.24) is 0 Å². The zero-order valence-corrected chi connectivity index (χ0v) is 14.7. The molecule has 2 aromatic rings. The second-order valence-corrected chi connectivity index (χ2v) is 6.10. The molecule has 27 heavy (non-hydrogen) atoms. The number of fused-ring (bicyclic) bond motifs is 1. The Bertz CT molecular complexity index is 922. The van der Waals surface area contributed by atoms with Gasteiger partial charge in [0.1, 0.15) is 0 Å². The van der Waals surface area contributed by atoms with E-state index < -0.39 is 17.0 Å². The Morgan fingerprint density at radius 3 is 2.67 bits per heavy atom. The summed E-state index contributed by atoms with van der Waals surface area (Å²) >= 11 is 0. The number of ether oxygens (including phenoxy) is 1. The SMILES string of the molecule is C[C@@H](OC(=O)/C=C/c1ccccc1[N+](=O)[O-])C(=O)N1CCc2ccccc21. The monoisotopic (exact) mass is 366 g/mol. The van der Waals surface area contributed by atoms with Gasteiger partial charge in [0.2, 0.25) is 0 Å². The van der Waals surface area contributed by atoms with Gasteiger partial charge < -0.3 is 9.64 Å². The summed E-state index contributed by atoms with van der Waals surface area (Å²) in [5.41, 5.74) is 2.09. The number of nitrogens with zero attached hydrogens (tertiary/aromatic N) is 2. The molecule has 7 heteroatoms. The molecule has 0 saturated carbocycles. The number of nitro benzene ring substituents is 1. The molecule has 0 N–H and O–H groups in total. The Kier molecular flexibility index (Phi) is 5.30. The molecule has 0 aromatic heterocycles. The summed E-state index contributed by atoms with van der Waals surface area (Å²) in [6.07, 6.45) is 2.20. The van der Waals surface area contributed by atoms with E-state index in [1.807, 2.05) is 24.3 Å². The lowest BCUT2D eigenvalue weighted by Crippen LogP contribution is -2.38. The predicted molar refractivity (Wildman–Crippen MR) is 100 cm³/mol. The summed E-state index contributed by atoms with van der Waals surface area (Å²) < 4.78 is 5.17. The number of rotatable bonds is 5. The second-order valence-electron chi connectivity index (χ2n) is 6.10. The zero-order chi connectivity index (χ0) is 19.4. The van der Waals surface area contributed by atoms with Crippen LogP contribution in [0.5, 0.6) is 0 Å². The number of anilines is 1. The minimum absolute atomic E-state index is 0.112. The van der Waals surface area contributed by atoms with Crippen molar-refractivity contribution in [3.63, 3.8) is 0 Å². The van der Waals surface area contributed by atoms with Crippen LogP contribution >= 0.6 is 0 Å². The molecule has 0 saturated heterocycles. The molecular weight excluding hydrogens is 348 g/mol. The van der Waals surface area contributed by atoms with Gasteiger partial charge in [-0.05, 0) is 37.1 Å². The molecule has 3 rings (SSSR count). The van der Waals surface area contributed by atoms with E-state index in [-0.39, 0.29) is 17.2 Å². The van der Waals surface area contributed by atoms with Crippen molar-refractivity contribution < 1.29 is 19.2 Å². The van der Waals surface area contributed by atoms with Gasteiger partial charge in [-0.25, -0.2) is 4.79 Å². The molecule has 1 aliphatic heterocycles. The Morgan fingerprint density at radius 2 is 1.89 bits per heavy atom. The summed E-state index contributed by atoms with van der Waals surface area (Å²) in [4.78, 5) is 36.7. The largest absolute Gasteiger partial charge is 0.449 e. The fraction of sp³-hybridized carbons (Fsp3) is 0.200. The van der Waals surface area contributed by atoms with Crippen LogP contribution in [0.2, 0.25) is 0 Å². The first kappa shape index (κ1) is 18.3. The lowest BCUT2D eigenvalue weighted by atomic mass is 10.1. The Balaban J connectivity index is 1.65. The first-order valence-corrected chi connectivity index (χ1v) is 8.49. The number of esters is 1. The summed E-state index contributed by atoms with van der Waals surface area (Å²) in [6, 6.07) is 13.7. The fourth-order valence-corrected chi connectivity index (χ4v) is 3.00. The van der Waals surface area contributed by atoms with Gasteiger partial charge in [0.25, 0.3) is 11.6 Å². The van der Waals surface area contributed by atoms with E-state index in [4.69, 9.17) is 4.74 Å². The van der Waals surface area contributed by atoms with Gasteiger partial charge >= 0.3 is 5.97 Å². The number of hydrogen-bond acceptors (Lipinski definition) is 5. The third-order valence-electron chi connectivity index (χ3n) is 4.33. The van der Waals surface area contributed by atoms with Crippen molar-refractivity contribution >= 4 is 29.3 Å². The standard InChI is InChI=1S/C20H18N2O5/c1-14(20(24)21-13-12-16-7-2-4-8-17(16)21)27-19(23)11-10-15-6-3-5-9-18(15)22(25)26/h2-11,14H,12-13H2,1H3/b11-10+/t14-/m1/s1. The molecule has 0 spiro atoms. The maximum atomic E-state index is 12.6. The van der Waals surface area contributed by atoms with Crippen molar-refractivity contribution in [3.05, 3.63) is 75.8 Å². The van der Waals surface area contributed by atoms with E-state index in [9.17, 15) is 19.7 Å². The first-order valence-electron chi connectivity index (χ1n) is 8.49. The molecule has 0 fully saturated rings. The van der Waals surface area contributed by atoms with Gasteiger partial charge in [-0.1, -0.05) is 30.3 Å². The minimum atomic E-state index is -0.959. The topological polar surface area (TPSA) is 89.7 Å². The van der Waals surface area contributed by atoms with Crippen LogP contribution in [0.4, 0.5) is 11.4 Å². The normalized spacial score (nSPS) is 14.0. The van der Waals surface area contributed by atoms with Crippen LogP contribution in [-0.4, -0.2) is 29.4 Å². The number of para-hydroxylation sites is 2. The molecule has 1 aliphatic rings. The van der Waals surface area contributed by atoms with Crippen LogP contribution in [0, 0.1) is 10.1 Å². The van der Waals surface area contributed by atoms with Gasteiger partial charge in [-0.3, -0.25) is 14.9 Å². The second kappa shape index (κ2) is 7.82. The average Bonchev–Trinajstić information content (AvgIpc) is 3.10.